The molecule has 0 aromatic rings. The van der Waals surface area contributed by atoms with Crippen molar-refractivity contribution in [3.05, 3.63) is 0 Å². The molecule has 5 nitrogen and oxygen atoms in total. The molecule has 1 N–H and O–H groups in total. The van der Waals surface area contributed by atoms with Crippen molar-refractivity contribution in [2.45, 2.75) is 76.9 Å². The fourth-order valence-corrected chi connectivity index (χ4v) is 4.43. The van der Waals surface area contributed by atoms with Crippen molar-refractivity contribution in [2.24, 2.45) is 5.92 Å². The first kappa shape index (κ1) is 16.7. The Morgan fingerprint density at radius 1 is 1.17 bits per heavy atom. The summed E-state index contributed by atoms with van der Waals surface area (Å²) in [5.74, 6) is 1.05. The quantitative estimate of drug-likeness (QED) is 0.858. The topological polar surface area (TPSA) is 52.7 Å². The molecule has 0 aromatic heterocycles. The van der Waals surface area contributed by atoms with Crippen LogP contribution in [0.1, 0.15) is 58.8 Å². The molecule has 1 aliphatic carbocycles. The molecule has 4 atom stereocenters. The van der Waals surface area contributed by atoms with E-state index in [2.05, 4.69) is 17.1 Å². The molecule has 2 aliphatic heterocycles. The van der Waals surface area contributed by atoms with Gasteiger partial charge in [-0.1, -0.05) is 19.8 Å². The lowest BCUT2D eigenvalue weighted by Gasteiger charge is -2.32. The number of nitrogens with zero attached hydrogens (tertiary/aromatic N) is 2. The molecular weight excluding hydrogens is 290 g/mol. The SMILES string of the molecule is CC1CCCCC1NC(=O)C(C)N1CCC(N2CCCC2=O)C1. The van der Waals surface area contributed by atoms with Crippen LogP contribution >= 0.6 is 0 Å². The number of rotatable bonds is 4. The van der Waals surface area contributed by atoms with E-state index in [9.17, 15) is 9.59 Å². The maximum Gasteiger partial charge on any atom is 0.237 e. The zero-order valence-electron chi connectivity index (χ0n) is 14.6. The molecule has 0 aromatic carbocycles. The number of carbonyl (C=O) groups is 2. The molecule has 0 spiro atoms. The standard InChI is InChI=1S/C18H31N3O2/c1-13-6-3-4-7-16(13)19-18(23)14(2)20-11-9-15(12-20)21-10-5-8-17(21)22/h13-16H,3-12H2,1-2H3,(H,19,23). The van der Waals surface area contributed by atoms with E-state index in [0.29, 0.717) is 30.3 Å². The summed E-state index contributed by atoms with van der Waals surface area (Å²) in [6, 6.07) is 0.568. The van der Waals surface area contributed by atoms with Crippen molar-refractivity contribution >= 4 is 11.8 Å². The molecule has 23 heavy (non-hydrogen) atoms. The van der Waals surface area contributed by atoms with Crippen LogP contribution in [-0.2, 0) is 9.59 Å². The van der Waals surface area contributed by atoms with Gasteiger partial charge < -0.3 is 10.2 Å². The highest BCUT2D eigenvalue weighted by Gasteiger charge is 2.36. The Balaban J connectivity index is 1.50. The van der Waals surface area contributed by atoms with Crippen LogP contribution in [0.15, 0.2) is 0 Å². The lowest BCUT2D eigenvalue weighted by atomic mass is 9.86. The highest BCUT2D eigenvalue weighted by Crippen LogP contribution is 2.25. The second-order valence-electron chi connectivity index (χ2n) is 7.68. The van der Waals surface area contributed by atoms with E-state index in [1.807, 2.05) is 11.8 Å². The largest absolute Gasteiger partial charge is 0.352 e. The molecule has 0 radical (unpaired) electrons. The van der Waals surface area contributed by atoms with E-state index in [0.717, 1.165) is 38.9 Å². The summed E-state index contributed by atoms with van der Waals surface area (Å²) in [6.45, 7) is 6.93. The summed E-state index contributed by atoms with van der Waals surface area (Å²) in [4.78, 5) is 28.8. The zero-order valence-corrected chi connectivity index (χ0v) is 14.6. The molecular formula is C18H31N3O2. The molecule has 2 heterocycles. The molecule has 1 saturated carbocycles. The summed E-state index contributed by atoms with van der Waals surface area (Å²) in [7, 11) is 0. The Hall–Kier alpha value is -1.10. The Labute approximate surface area is 139 Å². The summed E-state index contributed by atoms with van der Waals surface area (Å²) >= 11 is 0. The Morgan fingerprint density at radius 3 is 2.65 bits per heavy atom. The van der Waals surface area contributed by atoms with Crippen molar-refractivity contribution in [3.8, 4) is 0 Å². The second-order valence-corrected chi connectivity index (χ2v) is 7.68. The summed E-state index contributed by atoms with van der Waals surface area (Å²) in [5.41, 5.74) is 0. The first-order valence-electron chi connectivity index (χ1n) is 9.40. The van der Waals surface area contributed by atoms with Crippen molar-refractivity contribution in [3.63, 3.8) is 0 Å². The fraction of sp³-hybridized carbons (Fsp3) is 0.889. The fourth-order valence-electron chi connectivity index (χ4n) is 4.43. The smallest absolute Gasteiger partial charge is 0.237 e. The van der Waals surface area contributed by atoms with Crippen LogP contribution in [0.5, 0.6) is 0 Å². The zero-order chi connectivity index (χ0) is 16.4. The van der Waals surface area contributed by atoms with Crippen LogP contribution < -0.4 is 5.32 Å². The van der Waals surface area contributed by atoms with Gasteiger partial charge in [-0.15, -0.1) is 0 Å². The summed E-state index contributed by atoms with van der Waals surface area (Å²) in [6.07, 6.45) is 7.56. The third kappa shape index (κ3) is 3.70. The summed E-state index contributed by atoms with van der Waals surface area (Å²) < 4.78 is 0. The van der Waals surface area contributed by atoms with Crippen molar-refractivity contribution < 1.29 is 9.59 Å². The lowest BCUT2D eigenvalue weighted by molar-refractivity contribution is -0.129. The van der Waals surface area contributed by atoms with Gasteiger partial charge in [0.2, 0.25) is 11.8 Å². The van der Waals surface area contributed by atoms with Gasteiger partial charge in [-0.25, -0.2) is 0 Å². The monoisotopic (exact) mass is 321 g/mol. The minimum atomic E-state index is -0.0909. The molecule has 130 valence electrons. The number of nitrogens with one attached hydrogen (secondary N) is 1. The van der Waals surface area contributed by atoms with Crippen LogP contribution in [-0.4, -0.2) is 59.4 Å². The maximum absolute atomic E-state index is 12.6. The van der Waals surface area contributed by atoms with E-state index >= 15 is 0 Å². The number of hydrogen-bond acceptors (Lipinski definition) is 3. The minimum absolute atomic E-state index is 0.0909. The molecule has 3 aliphatic rings. The van der Waals surface area contributed by atoms with E-state index < -0.39 is 0 Å². The van der Waals surface area contributed by atoms with E-state index in [1.165, 1.54) is 19.3 Å². The van der Waals surface area contributed by atoms with Gasteiger partial charge in [-0.3, -0.25) is 14.5 Å². The highest BCUT2D eigenvalue weighted by atomic mass is 16.2. The first-order valence-corrected chi connectivity index (χ1v) is 9.40. The number of likely N-dealkylation sites (tertiary alicyclic amines) is 2. The average Bonchev–Trinajstić information content (AvgIpc) is 3.17. The Bertz CT molecular complexity index is 454. The third-order valence-electron chi connectivity index (χ3n) is 6.11. The van der Waals surface area contributed by atoms with Gasteiger partial charge in [-0.05, 0) is 38.5 Å². The van der Waals surface area contributed by atoms with Gasteiger partial charge in [0.15, 0.2) is 0 Å². The van der Waals surface area contributed by atoms with Gasteiger partial charge in [0.25, 0.3) is 0 Å². The van der Waals surface area contributed by atoms with Gasteiger partial charge in [-0.2, -0.15) is 0 Å². The molecule has 2 saturated heterocycles. The lowest BCUT2D eigenvalue weighted by Crippen LogP contribution is -2.50. The highest BCUT2D eigenvalue weighted by molar-refractivity contribution is 5.82. The van der Waals surface area contributed by atoms with Crippen LogP contribution in [0, 0.1) is 5.92 Å². The van der Waals surface area contributed by atoms with Crippen molar-refractivity contribution in [1.29, 1.82) is 0 Å². The second kappa shape index (κ2) is 7.20. The van der Waals surface area contributed by atoms with E-state index in [-0.39, 0.29) is 11.9 Å². The number of carbonyl (C=O) groups excluding carboxylic acids is 2. The molecule has 4 unspecified atom stereocenters. The van der Waals surface area contributed by atoms with Gasteiger partial charge in [0.05, 0.1) is 6.04 Å². The van der Waals surface area contributed by atoms with Crippen LogP contribution in [0.4, 0.5) is 0 Å². The molecule has 0 bridgehead atoms. The van der Waals surface area contributed by atoms with Crippen LogP contribution in [0.25, 0.3) is 0 Å². The van der Waals surface area contributed by atoms with Crippen molar-refractivity contribution in [2.75, 3.05) is 19.6 Å². The number of amides is 2. The van der Waals surface area contributed by atoms with Crippen LogP contribution in [0.2, 0.25) is 0 Å². The maximum atomic E-state index is 12.6. The molecule has 5 heteroatoms. The van der Waals surface area contributed by atoms with Gasteiger partial charge in [0.1, 0.15) is 0 Å². The average molecular weight is 321 g/mol. The predicted octanol–water partition coefficient (Wildman–Crippen LogP) is 1.77. The van der Waals surface area contributed by atoms with E-state index in [1.54, 1.807) is 0 Å². The third-order valence-corrected chi connectivity index (χ3v) is 6.11. The molecule has 2 amide bonds. The van der Waals surface area contributed by atoms with Crippen molar-refractivity contribution in [1.82, 2.24) is 15.1 Å². The minimum Gasteiger partial charge on any atom is -0.352 e. The van der Waals surface area contributed by atoms with Gasteiger partial charge in [0, 0.05) is 38.1 Å². The molecule has 3 rings (SSSR count). The van der Waals surface area contributed by atoms with Crippen LogP contribution in [0.3, 0.4) is 0 Å². The summed E-state index contributed by atoms with van der Waals surface area (Å²) in [5, 5.41) is 3.28. The Morgan fingerprint density at radius 2 is 1.96 bits per heavy atom. The normalized spacial score (nSPS) is 33.9. The molecule has 3 fully saturated rings. The van der Waals surface area contributed by atoms with E-state index in [4.69, 9.17) is 0 Å². The first-order chi connectivity index (χ1) is 11.1. The number of hydrogen-bond donors (Lipinski definition) is 1. The predicted molar refractivity (Wildman–Crippen MR) is 89.9 cm³/mol. The van der Waals surface area contributed by atoms with Gasteiger partial charge >= 0.3 is 0 Å². The Kier molecular flexibility index (Phi) is 5.24.